The number of rotatable bonds is 5. The van der Waals surface area contributed by atoms with Crippen molar-refractivity contribution in [1.29, 1.82) is 0 Å². The fourth-order valence-corrected chi connectivity index (χ4v) is 1.81. The summed E-state index contributed by atoms with van der Waals surface area (Å²) >= 11 is 0. The van der Waals surface area contributed by atoms with Gasteiger partial charge in [0.1, 0.15) is 5.54 Å². The van der Waals surface area contributed by atoms with Gasteiger partial charge in [-0.2, -0.15) is 0 Å². The van der Waals surface area contributed by atoms with E-state index in [1.165, 1.54) is 0 Å². The number of aliphatic carboxylic acids is 1. The SMILES string of the molecule is CC(C)NC(=O)CNC1(C(=O)O)CCOCC1. The molecule has 1 fully saturated rings. The second-order valence-corrected chi connectivity index (χ2v) is 4.58. The summed E-state index contributed by atoms with van der Waals surface area (Å²) in [5.41, 5.74) is -1.02. The first kappa shape index (κ1) is 13.9. The zero-order valence-electron chi connectivity index (χ0n) is 10.3. The van der Waals surface area contributed by atoms with E-state index in [-0.39, 0.29) is 18.5 Å². The average Bonchev–Trinajstić information content (AvgIpc) is 2.26. The molecule has 1 aliphatic rings. The lowest BCUT2D eigenvalue weighted by atomic mass is 9.90. The molecule has 17 heavy (non-hydrogen) atoms. The minimum Gasteiger partial charge on any atom is -0.480 e. The summed E-state index contributed by atoms with van der Waals surface area (Å²) in [5.74, 6) is -1.11. The molecule has 1 aliphatic heterocycles. The van der Waals surface area contributed by atoms with Gasteiger partial charge in [0, 0.05) is 19.3 Å². The molecule has 0 aromatic heterocycles. The van der Waals surface area contributed by atoms with Gasteiger partial charge in [-0.3, -0.25) is 14.9 Å². The molecule has 98 valence electrons. The molecule has 0 atom stereocenters. The number of hydrogen-bond acceptors (Lipinski definition) is 4. The molecule has 1 saturated heterocycles. The number of nitrogens with one attached hydrogen (secondary N) is 2. The molecule has 0 saturated carbocycles. The van der Waals surface area contributed by atoms with Crippen molar-refractivity contribution in [2.24, 2.45) is 0 Å². The van der Waals surface area contributed by atoms with Crippen LogP contribution in [0.15, 0.2) is 0 Å². The zero-order chi connectivity index (χ0) is 12.9. The molecule has 6 nitrogen and oxygen atoms in total. The summed E-state index contributed by atoms with van der Waals surface area (Å²) in [6, 6.07) is 0.0553. The Morgan fingerprint density at radius 1 is 1.35 bits per heavy atom. The molecule has 1 heterocycles. The van der Waals surface area contributed by atoms with Gasteiger partial charge in [0.15, 0.2) is 0 Å². The number of carbonyl (C=O) groups is 2. The fourth-order valence-electron chi connectivity index (χ4n) is 1.81. The third-order valence-corrected chi connectivity index (χ3v) is 2.79. The van der Waals surface area contributed by atoms with E-state index in [0.29, 0.717) is 26.1 Å². The summed E-state index contributed by atoms with van der Waals surface area (Å²) in [5, 5.41) is 14.8. The highest BCUT2D eigenvalue weighted by Crippen LogP contribution is 2.20. The van der Waals surface area contributed by atoms with Crippen LogP contribution in [0.2, 0.25) is 0 Å². The van der Waals surface area contributed by atoms with E-state index in [2.05, 4.69) is 10.6 Å². The Morgan fingerprint density at radius 2 is 1.94 bits per heavy atom. The van der Waals surface area contributed by atoms with Gasteiger partial charge in [0.05, 0.1) is 6.54 Å². The van der Waals surface area contributed by atoms with Crippen LogP contribution in [0.25, 0.3) is 0 Å². The smallest absolute Gasteiger partial charge is 0.324 e. The third kappa shape index (κ3) is 3.98. The standard InChI is InChI=1S/C11H20N2O4/c1-8(2)13-9(14)7-12-11(10(15)16)3-5-17-6-4-11/h8,12H,3-7H2,1-2H3,(H,13,14)(H,15,16). The lowest BCUT2D eigenvalue weighted by Crippen LogP contribution is -2.57. The van der Waals surface area contributed by atoms with Gasteiger partial charge in [0.25, 0.3) is 0 Å². The van der Waals surface area contributed by atoms with Crippen LogP contribution in [0.5, 0.6) is 0 Å². The van der Waals surface area contributed by atoms with Gasteiger partial charge in [-0.25, -0.2) is 0 Å². The van der Waals surface area contributed by atoms with Crippen molar-refractivity contribution >= 4 is 11.9 Å². The van der Waals surface area contributed by atoms with E-state index in [0.717, 1.165) is 0 Å². The maximum absolute atomic E-state index is 11.5. The summed E-state index contributed by atoms with van der Waals surface area (Å²) in [6.07, 6.45) is 0.772. The molecule has 6 heteroatoms. The van der Waals surface area contributed by atoms with Crippen molar-refractivity contribution in [3.63, 3.8) is 0 Å². The van der Waals surface area contributed by atoms with Crippen LogP contribution in [0.4, 0.5) is 0 Å². The lowest BCUT2D eigenvalue weighted by Gasteiger charge is -2.33. The van der Waals surface area contributed by atoms with Crippen molar-refractivity contribution in [3.05, 3.63) is 0 Å². The number of carboxylic acid groups (broad SMARTS) is 1. The van der Waals surface area contributed by atoms with E-state index < -0.39 is 11.5 Å². The Hall–Kier alpha value is -1.14. The Bertz CT molecular complexity index is 285. The second kappa shape index (κ2) is 5.97. The van der Waals surface area contributed by atoms with Crippen molar-refractivity contribution in [2.45, 2.75) is 38.3 Å². The average molecular weight is 244 g/mol. The van der Waals surface area contributed by atoms with Crippen molar-refractivity contribution < 1.29 is 19.4 Å². The predicted octanol–water partition coefficient (Wildman–Crippen LogP) is -0.266. The summed E-state index contributed by atoms with van der Waals surface area (Å²) < 4.78 is 5.14. The van der Waals surface area contributed by atoms with Crippen LogP contribution in [-0.4, -0.2) is 48.3 Å². The first-order valence-electron chi connectivity index (χ1n) is 5.82. The predicted molar refractivity (Wildman–Crippen MR) is 61.7 cm³/mol. The Morgan fingerprint density at radius 3 is 2.41 bits per heavy atom. The van der Waals surface area contributed by atoms with E-state index in [1.807, 2.05) is 13.8 Å². The maximum atomic E-state index is 11.5. The van der Waals surface area contributed by atoms with E-state index in [1.54, 1.807) is 0 Å². The van der Waals surface area contributed by atoms with Gasteiger partial charge >= 0.3 is 5.97 Å². The third-order valence-electron chi connectivity index (χ3n) is 2.79. The number of ether oxygens (including phenoxy) is 1. The van der Waals surface area contributed by atoms with E-state index in [9.17, 15) is 14.7 Å². The molecular weight excluding hydrogens is 224 g/mol. The minimum atomic E-state index is -1.02. The topological polar surface area (TPSA) is 87.7 Å². The van der Waals surface area contributed by atoms with Gasteiger partial charge in [-0.1, -0.05) is 0 Å². The second-order valence-electron chi connectivity index (χ2n) is 4.58. The van der Waals surface area contributed by atoms with E-state index >= 15 is 0 Å². The Kier molecular flexibility index (Phi) is 4.89. The molecule has 0 aliphatic carbocycles. The molecule has 3 N–H and O–H groups in total. The first-order valence-corrected chi connectivity index (χ1v) is 5.82. The van der Waals surface area contributed by atoms with Gasteiger partial charge in [-0.15, -0.1) is 0 Å². The van der Waals surface area contributed by atoms with Crippen molar-refractivity contribution in [2.75, 3.05) is 19.8 Å². The van der Waals surface area contributed by atoms with Crippen LogP contribution < -0.4 is 10.6 Å². The van der Waals surface area contributed by atoms with Crippen LogP contribution in [0.1, 0.15) is 26.7 Å². The van der Waals surface area contributed by atoms with Crippen LogP contribution in [-0.2, 0) is 14.3 Å². The van der Waals surface area contributed by atoms with Gasteiger partial charge in [-0.05, 0) is 26.7 Å². The van der Waals surface area contributed by atoms with E-state index in [4.69, 9.17) is 4.74 Å². The highest BCUT2D eigenvalue weighted by atomic mass is 16.5. The highest BCUT2D eigenvalue weighted by molar-refractivity contribution is 5.82. The Labute approximate surface area is 101 Å². The fraction of sp³-hybridized carbons (Fsp3) is 0.818. The molecule has 0 spiro atoms. The molecule has 0 aromatic rings. The lowest BCUT2D eigenvalue weighted by molar-refractivity contribution is -0.149. The van der Waals surface area contributed by atoms with Gasteiger partial charge < -0.3 is 15.2 Å². The molecule has 0 bridgehead atoms. The number of amides is 1. The largest absolute Gasteiger partial charge is 0.480 e. The minimum absolute atomic E-state index is 0.0183. The highest BCUT2D eigenvalue weighted by Gasteiger charge is 2.40. The van der Waals surface area contributed by atoms with Crippen LogP contribution in [0.3, 0.4) is 0 Å². The Balaban J connectivity index is 2.50. The quantitative estimate of drug-likeness (QED) is 0.620. The zero-order valence-corrected chi connectivity index (χ0v) is 10.3. The van der Waals surface area contributed by atoms with Crippen molar-refractivity contribution in [1.82, 2.24) is 10.6 Å². The molecule has 1 rings (SSSR count). The molecule has 0 aromatic carbocycles. The number of hydrogen-bond donors (Lipinski definition) is 3. The molecule has 0 unspecified atom stereocenters. The number of carboxylic acids is 1. The molecular formula is C11H20N2O4. The van der Waals surface area contributed by atoms with Gasteiger partial charge in [0.2, 0.25) is 5.91 Å². The molecule has 0 radical (unpaired) electrons. The van der Waals surface area contributed by atoms with Crippen LogP contribution in [0, 0.1) is 0 Å². The number of carbonyl (C=O) groups excluding carboxylic acids is 1. The maximum Gasteiger partial charge on any atom is 0.324 e. The summed E-state index contributed by atoms with van der Waals surface area (Å²) in [4.78, 5) is 22.7. The van der Waals surface area contributed by atoms with Crippen molar-refractivity contribution in [3.8, 4) is 0 Å². The normalized spacial score (nSPS) is 19.0. The summed E-state index contributed by atoms with van der Waals surface area (Å²) in [6.45, 7) is 4.55. The van der Waals surface area contributed by atoms with Crippen LogP contribution >= 0.6 is 0 Å². The first-order chi connectivity index (χ1) is 7.96. The monoisotopic (exact) mass is 244 g/mol. The summed E-state index contributed by atoms with van der Waals surface area (Å²) in [7, 11) is 0. The molecule has 1 amide bonds.